The average Bonchev–Trinajstić information content (AvgIpc) is 2.47. The highest BCUT2D eigenvalue weighted by molar-refractivity contribution is 8.00. The van der Waals surface area contributed by atoms with E-state index in [0.717, 1.165) is 16.9 Å². The first-order chi connectivity index (χ1) is 9.28. The van der Waals surface area contributed by atoms with E-state index in [0.29, 0.717) is 16.6 Å². The smallest absolute Gasteiger partial charge is 0.153 e. The van der Waals surface area contributed by atoms with Gasteiger partial charge < -0.3 is 9.47 Å². The van der Waals surface area contributed by atoms with Crippen molar-refractivity contribution >= 4 is 18.0 Å². The van der Waals surface area contributed by atoms with Gasteiger partial charge in [-0.15, -0.1) is 11.8 Å². The zero-order chi connectivity index (χ0) is 13.7. The van der Waals surface area contributed by atoms with Gasteiger partial charge in [-0.2, -0.15) is 0 Å². The van der Waals surface area contributed by atoms with E-state index >= 15 is 0 Å². The molecule has 0 aliphatic heterocycles. The SMILES string of the molecule is COc1cc(SC2CCCCC2)c(OC)cc1C=O. The van der Waals surface area contributed by atoms with Crippen LogP contribution >= 0.6 is 11.8 Å². The third-order valence-corrected chi connectivity index (χ3v) is 4.87. The van der Waals surface area contributed by atoms with Crippen molar-refractivity contribution in [3.63, 3.8) is 0 Å². The summed E-state index contributed by atoms with van der Waals surface area (Å²) in [5.41, 5.74) is 0.535. The van der Waals surface area contributed by atoms with Crippen molar-refractivity contribution in [1.82, 2.24) is 0 Å². The van der Waals surface area contributed by atoms with E-state index in [2.05, 4.69) is 0 Å². The molecule has 0 radical (unpaired) electrons. The minimum atomic E-state index is 0.535. The van der Waals surface area contributed by atoms with Crippen LogP contribution in [0, 0.1) is 0 Å². The summed E-state index contributed by atoms with van der Waals surface area (Å²) in [4.78, 5) is 12.1. The normalized spacial score (nSPS) is 16.1. The first-order valence-electron chi connectivity index (χ1n) is 6.66. The van der Waals surface area contributed by atoms with E-state index in [4.69, 9.17) is 9.47 Å². The third kappa shape index (κ3) is 3.44. The number of rotatable bonds is 5. The summed E-state index contributed by atoms with van der Waals surface area (Å²) in [5, 5.41) is 0.648. The summed E-state index contributed by atoms with van der Waals surface area (Å²) >= 11 is 1.84. The van der Waals surface area contributed by atoms with Gasteiger partial charge in [-0.1, -0.05) is 19.3 Å². The highest BCUT2D eigenvalue weighted by Gasteiger charge is 2.18. The van der Waals surface area contributed by atoms with Gasteiger partial charge in [0.2, 0.25) is 0 Å². The molecule has 0 heterocycles. The number of methoxy groups -OCH3 is 2. The summed E-state index contributed by atoms with van der Waals surface area (Å²) in [5.74, 6) is 1.38. The van der Waals surface area contributed by atoms with Crippen molar-refractivity contribution in [3.8, 4) is 11.5 Å². The number of benzene rings is 1. The van der Waals surface area contributed by atoms with E-state index in [1.807, 2.05) is 17.8 Å². The lowest BCUT2D eigenvalue weighted by Crippen LogP contribution is -2.08. The maximum absolute atomic E-state index is 11.0. The molecule has 1 aliphatic carbocycles. The maximum Gasteiger partial charge on any atom is 0.153 e. The number of carbonyl (C=O) groups excluding carboxylic acids is 1. The fraction of sp³-hybridized carbons (Fsp3) is 0.533. The standard InChI is InChI=1S/C15H20O3S/c1-17-13-9-15(14(18-2)8-11(13)10-16)19-12-6-4-3-5-7-12/h8-10,12H,3-7H2,1-2H3. The van der Waals surface area contributed by atoms with Crippen LogP contribution in [-0.2, 0) is 0 Å². The van der Waals surface area contributed by atoms with Crippen molar-refractivity contribution in [2.24, 2.45) is 0 Å². The second kappa shape index (κ2) is 6.85. The van der Waals surface area contributed by atoms with E-state index in [1.54, 1.807) is 20.3 Å². The van der Waals surface area contributed by atoms with Crippen LogP contribution in [-0.4, -0.2) is 25.8 Å². The number of hydrogen-bond acceptors (Lipinski definition) is 4. The first-order valence-corrected chi connectivity index (χ1v) is 7.54. The van der Waals surface area contributed by atoms with Gasteiger partial charge in [-0.25, -0.2) is 0 Å². The molecule has 0 saturated heterocycles. The molecule has 0 aromatic heterocycles. The lowest BCUT2D eigenvalue weighted by atomic mass is 10.0. The number of carbonyl (C=O) groups is 1. The average molecular weight is 280 g/mol. The monoisotopic (exact) mass is 280 g/mol. The topological polar surface area (TPSA) is 35.5 Å². The number of aldehydes is 1. The minimum absolute atomic E-state index is 0.535. The molecule has 104 valence electrons. The van der Waals surface area contributed by atoms with Crippen molar-refractivity contribution in [1.29, 1.82) is 0 Å². The van der Waals surface area contributed by atoms with E-state index in [1.165, 1.54) is 32.1 Å². The van der Waals surface area contributed by atoms with Crippen LogP contribution in [0.25, 0.3) is 0 Å². The summed E-state index contributed by atoms with van der Waals surface area (Å²) in [6, 6.07) is 3.68. The second-order valence-corrected chi connectivity index (χ2v) is 6.08. The van der Waals surface area contributed by atoms with Gasteiger partial charge in [-0.3, -0.25) is 4.79 Å². The van der Waals surface area contributed by atoms with Gasteiger partial charge in [0.05, 0.1) is 24.7 Å². The molecule has 0 bridgehead atoms. The van der Waals surface area contributed by atoms with E-state index in [-0.39, 0.29) is 0 Å². The van der Waals surface area contributed by atoms with Gasteiger partial charge in [0.1, 0.15) is 11.5 Å². The molecule has 2 rings (SSSR count). The Morgan fingerprint density at radius 1 is 1.11 bits per heavy atom. The zero-order valence-corrected chi connectivity index (χ0v) is 12.3. The Labute approximate surface area is 118 Å². The lowest BCUT2D eigenvalue weighted by Gasteiger charge is -2.22. The van der Waals surface area contributed by atoms with Gasteiger partial charge in [0, 0.05) is 5.25 Å². The Kier molecular flexibility index (Phi) is 5.14. The molecule has 0 unspecified atom stereocenters. The summed E-state index contributed by atoms with van der Waals surface area (Å²) in [6.45, 7) is 0. The van der Waals surface area contributed by atoms with Crippen LogP contribution in [0.4, 0.5) is 0 Å². The third-order valence-electron chi connectivity index (χ3n) is 3.49. The number of ether oxygens (including phenoxy) is 2. The molecule has 1 aromatic rings. The molecule has 3 nitrogen and oxygen atoms in total. The van der Waals surface area contributed by atoms with Gasteiger partial charge in [0.25, 0.3) is 0 Å². The molecule has 19 heavy (non-hydrogen) atoms. The largest absolute Gasteiger partial charge is 0.496 e. The van der Waals surface area contributed by atoms with Crippen molar-refractivity contribution in [2.45, 2.75) is 42.2 Å². The molecular formula is C15H20O3S. The summed E-state index contributed by atoms with van der Waals surface area (Å²) in [7, 11) is 3.23. The molecular weight excluding hydrogens is 260 g/mol. The molecule has 1 fully saturated rings. The van der Waals surface area contributed by atoms with Crippen LogP contribution in [0.2, 0.25) is 0 Å². The zero-order valence-electron chi connectivity index (χ0n) is 11.5. The van der Waals surface area contributed by atoms with Crippen LogP contribution in [0.3, 0.4) is 0 Å². The van der Waals surface area contributed by atoms with Gasteiger partial charge in [0.15, 0.2) is 6.29 Å². The Bertz CT molecular complexity index is 439. The fourth-order valence-corrected chi connectivity index (χ4v) is 3.80. The highest BCUT2D eigenvalue weighted by Crippen LogP contribution is 2.40. The Hall–Kier alpha value is -1.16. The molecule has 4 heteroatoms. The maximum atomic E-state index is 11.0. The highest BCUT2D eigenvalue weighted by atomic mass is 32.2. The molecule has 1 aliphatic rings. The Morgan fingerprint density at radius 2 is 1.79 bits per heavy atom. The quantitative estimate of drug-likeness (QED) is 0.765. The van der Waals surface area contributed by atoms with Crippen LogP contribution in [0.1, 0.15) is 42.5 Å². The molecule has 0 atom stereocenters. The minimum Gasteiger partial charge on any atom is -0.496 e. The molecule has 0 amide bonds. The van der Waals surface area contributed by atoms with E-state index < -0.39 is 0 Å². The first kappa shape index (κ1) is 14.3. The van der Waals surface area contributed by atoms with Crippen LogP contribution < -0.4 is 9.47 Å². The fourth-order valence-electron chi connectivity index (χ4n) is 2.44. The molecule has 0 N–H and O–H groups in total. The van der Waals surface area contributed by atoms with Crippen molar-refractivity contribution in [2.75, 3.05) is 14.2 Å². The number of hydrogen-bond donors (Lipinski definition) is 0. The second-order valence-electron chi connectivity index (χ2n) is 4.74. The van der Waals surface area contributed by atoms with Crippen molar-refractivity contribution in [3.05, 3.63) is 17.7 Å². The predicted octanol–water partition coefficient (Wildman–Crippen LogP) is 3.94. The molecule has 0 spiro atoms. The molecule has 1 aromatic carbocycles. The van der Waals surface area contributed by atoms with Gasteiger partial charge in [-0.05, 0) is 25.0 Å². The molecule has 1 saturated carbocycles. The van der Waals surface area contributed by atoms with Crippen LogP contribution in [0.5, 0.6) is 11.5 Å². The van der Waals surface area contributed by atoms with Crippen molar-refractivity contribution < 1.29 is 14.3 Å². The predicted molar refractivity (Wildman–Crippen MR) is 77.7 cm³/mol. The lowest BCUT2D eigenvalue weighted by molar-refractivity contribution is 0.112. The number of thioether (sulfide) groups is 1. The summed E-state index contributed by atoms with van der Waals surface area (Å²) in [6.07, 6.45) is 7.28. The van der Waals surface area contributed by atoms with E-state index in [9.17, 15) is 4.79 Å². The summed E-state index contributed by atoms with van der Waals surface area (Å²) < 4.78 is 10.7. The van der Waals surface area contributed by atoms with Gasteiger partial charge >= 0.3 is 0 Å². The Morgan fingerprint density at radius 3 is 2.37 bits per heavy atom. The van der Waals surface area contributed by atoms with Crippen LogP contribution in [0.15, 0.2) is 17.0 Å². The Balaban J connectivity index is 2.24.